The zero-order valence-corrected chi connectivity index (χ0v) is 11.4. The molecule has 1 rings (SSSR count). The van der Waals surface area contributed by atoms with Gasteiger partial charge in [0.15, 0.2) is 0 Å². The fourth-order valence-corrected chi connectivity index (χ4v) is 2.58. The average molecular weight is 243 g/mol. The van der Waals surface area contributed by atoms with Gasteiger partial charge in [-0.2, -0.15) is 0 Å². The third-order valence-corrected chi connectivity index (χ3v) is 3.30. The molecule has 0 aromatic rings. The van der Waals surface area contributed by atoms with Crippen LogP contribution in [-0.4, -0.2) is 47.8 Å². The average Bonchev–Trinajstić information content (AvgIpc) is 2.48. The van der Waals surface area contributed by atoms with Gasteiger partial charge >= 0.3 is 5.97 Å². The maximum Gasteiger partial charge on any atom is 0.305 e. The molecule has 1 fully saturated rings. The third kappa shape index (κ3) is 4.64. The Morgan fingerprint density at radius 3 is 2.71 bits per heavy atom. The molecule has 0 unspecified atom stereocenters. The molecule has 4 heteroatoms. The van der Waals surface area contributed by atoms with Gasteiger partial charge in [-0.05, 0) is 25.7 Å². The van der Waals surface area contributed by atoms with Gasteiger partial charge in [0, 0.05) is 18.6 Å². The van der Waals surface area contributed by atoms with Crippen LogP contribution in [0, 0.1) is 5.41 Å². The second-order valence-electron chi connectivity index (χ2n) is 6.01. The smallest absolute Gasteiger partial charge is 0.305 e. The molecule has 1 N–H and O–H groups in total. The SMILES string of the molecule is CC(C)N1CC(C)(C)C[C@H]1COCCC(=O)O. The van der Waals surface area contributed by atoms with E-state index in [9.17, 15) is 4.79 Å². The molecule has 1 aliphatic rings. The number of carboxylic acid groups (broad SMARTS) is 1. The van der Waals surface area contributed by atoms with Crippen molar-refractivity contribution in [3.05, 3.63) is 0 Å². The molecule has 100 valence electrons. The minimum Gasteiger partial charge on any atom is -0.481 e. The molecule has 17 heavy (non-hydrogen) atoms. The van der Waals surface area contributed by atoms with Crippen molar-refractivity contribution < 1.29 is 14.6 Å². The number of likely N-dealkylation sites (tertiary alicyclic amines) is 1. The third-order valence-electron chi connectivity index (χ3n) is 3.30. The number of hydrogen-bond acceptors (Lipinski definition) is 3. The van der Waals surface area contributed by atoms with Crippen molar-refractivity contribution in [1.82, 2.24) is 4.90 Å². The summed E-state index contributed by atoms with van der Waals surface area (Å²) >= 11 is 0. The van der Waals surface area contributed by atoms with Crippen LogP contribution in [0.3, 0.4) is 0 Å². The largest absolute Gasteiger partial charge is 0.481 e. The van der Waals surface area contributed by atoms with Gasteiger partial charge < -0.3 is 9.84 Å². The highest BCUT2D eigenvalue weighted by atomic mass is 16.5. The first kappa shape index (κ1) is 14.5. The van der Waals surface area contributed by atoms with E-state index in [1.807, 2.05) is 0 Å². The Balaban J connectivity index is 2.37. The highest BCUT2D eigenvalue weighted by molar-refractivity contribution is 5.66. The number of aliphatic carboxylic acids is 1. The normalized spacial score (nSPS) is 24.4. The first-order chi connectivity index (χ1) is 7.82. The van der Waals surface area contributed by atoms with Gasteiger partial charge in [-0.25, -0.2) is 0 Å². The monoisotopic (exact) mass is 243 g/mol. The predicted octanol–water partition coefficient (Wildman–Crippen LogP) is 1.99. The fraction of sp³-hybridized carbons (Fsp3) is 0.923. The Labute approximate surface area is 104 Å². The fourth-order valence-electron chi connectivity index (χ4n) is 2.58. The Kier molecular flexibility index (Phi) is 4.95. The highest BCUT2D eigenvalue weighted by Crippen LogP contribution is 2.35. The van der Waals surface area contributed by atoms with Crippen LogP contribution in [0.5, 0.6) is 0 Å². The number of carboxylic acids is 1. The van der Waals surface area contributed by atoms with Crippen LogP contribution < -0.4 is 0 Å². The first-order valence-corrected chi connectivity index (χ1v) is 6.37. The molecule has 0 spiro atoms. The second kappa shape index (κ2) is 5.83. The van der Waals surface area contributed by atoms with Crippen LogP contribution in [-0.2, 0) is 9.53 Å². The molecule has 0 radical (unpaired) electrons. The Morgan fingerprint density at radius 2 is 2.18 bits per heavy atom. The van der Waals surface area contributed by atoms with Crippen molar-refractivity contribution >= 4 is 5.97 Å². The zero-order valence-electron chi connectivity index (χ0n) is 11.4. The molecule has 1 saturated heterocycles. The molecule has 4 nitrogen and oxygen atoms in total. The van der Waals surface area contributed by atoms with E-state index in [-0.39, 0.29) is 6.42 Å². The lowest BCUT2D eigenvalue weighted by atomic mass is 9.91. The van der Waals surface area contributed by atoms with Gasteiger partial charge in [0.2, 0.25) is 0 Å². The van der Waals surface area contributed by atoms with E-state index in [4.69, 9.17) is 9.84 Å². The molecule has 0 aromatic carbocycles. The molecule has 0 bridgehead atoms. The van der Waals surface area contributed by atoms with Gasteiger partial charge in [0.25, 0.3) is 0 Å². The summed E-state index contributed by atoms with van der Waals surface area (Å²) in [7, 11) is 0. The van der Waals surface area contributed by atoms with Gasteiger partial charge in [-0.1, -0.05) is 13.8 Å². The van der Waals surface area contributed by atoms with E-state index in [0.29, 0.717) is 30.7 Å². The summed E-state index contributed by atoms with van der Waals surface area (Å²) in [6.45, 7) is 11.0. The van der Waals surface area contributed by atoms with E-state index in [2.05, 4.69) is 32.6 Å². The Morgan fingerprint density at radius 1 is 1.53 bits per heavy atom. The van der Waals surface area contributed by atoms with Crippen molar-refractivity contribution in [3.63, 3.8) is 0 Å². The second-order valence-corrected chi connectivity index (χ2v) is 6.01. The van der Waals surface area contributed by atoms with E-state index < -0.39 is 5.97 Å². The molecule has 0 saturated carbocycles. The number of ether oxygens (including phenoxy) is 1. The standard InChI is InChI=1S/C13H25NO3/c1-10(2)14-9-13(3,4)7-11(14)8-17-6-5-12(15)16/h10-11H,5-9H2,1-4H3,(H,15,16)/t11-/m0/s1. The highest BCUT2D eigenvalue weighted by Gasteiger charge is 2.38. The van der Waals surface area contributed by atoms with E-state index >= 15 is 0 Å². The first-order valence-electron chi connectivity index (χ1n) is 6.37. The maximum absolute atomic E-state index is 10.4. The van der Waals surface area contributed by atoms with Crippen LogP contribution in [0.15, 0.2) is 0 Å². The molecule has 0 amide bonds. The molecule has 1 aliphatic heterocycles. The van der Waals surface area contributed by atoms with Gasteiger partial charge in [-0.3, -0.25) is 9.69 Å². The summed E-state index contributed by atoms with van der Waals surface area (Å²) in [5, 5.41) is 8.54. The lowest BCUT2D eigenvalue weighted by Gasteiger charge is -2.28. The summed E-state index contributed by atoms with van der Waals surface area (Å²) in [5.41, 5.74) is 0.338. The molecule has 1 heterocycles. The molecule has 0 aliphatic carbocycles. The minimum absolute atomic E-state index is 0.0950. The molecule has 0 aromatic heterocycles. The van der Waals surface area contributed by atoms with Crippen molar-refractivity contribution in [2.75, 3.05) is 19.8 Å². The van der Waals surface area contributed by atoms with Crippen molar-refractivity contribution in [3.8, 4) is 0 Å². The lowest BCUT2D eigenvalue weighted by molar-refractivity contribution is -0.138. The van der Waals surface area contributed by atoms with Crippen molar-refractivity contribution in [1.29, 1.82) is 0 Å². The summed E-state index contributed by atoms with van der Waals surface area (Å²) in [5.74, 6) is -0.794. The van der Waals surface area contributed by atoms with Crippen LogP contribution in [0.25, 0.3) is 0 Å². The van der Waals surface area contributed by atoms with E-state index in [1.165, 1.54) is 0 Å². The van der Waals surface area contributed by atoms with Crippen LogP contribution in [0.1, 0.15) is 40.5 Å². The summed E-state index contributed by atoms with van der Waals surface area (Å²) in [6.07, 6.45) is 1.22. The van der Waals surface area contributed by atoms with Gasteiger partial charge in [0.1, 0.15) is 0 Å². The Bertz CT molecular complexity index is 263. The van der Waals surface area contributed by atoms with Crippen LogP contribution in [0.4, 0.5) is 0 Å². The van der Waals surface area contributed by atoms with Crippen molar-refractivity contribution in [2.24, 2.45) is 5.41 Å². The summed E-state index contributed by atoms with van der Waals surface area (Å²) in [4.78, 5) is 12.8. The lowest BCUT2D eigenvalue weighted by Crippen LogP contribution is -2.38. The number of hydrogen-bond donors (Lipinski definition) is 1. The molecular formula is C13H25NO3. The number of carbonyl (C=O) groups is 1. The molecule has 1 atom stereocenters. The van der Waals surface area contributed by atoms with E-state index in [0.717, 1.165) is 13.0 Å². The summed E-state index contributed by atoms with van der Waals surface area (Å²) < 4.78 is 5.48. The van der Waals surface area contributed by atoms with E-state index in [1.54, 1.807) is 0 Å². The Hall–Kier alpha value is -0.610. The van der Waals surface area contributed by atoms with Crippen LogP contribution in [0.2, 0.25) is 0 Å². The predicted molar refractivity (Wildman–Crippen MR) is 67.1 cm³/mol. The van der Waals surface area contributed by atoms with Crippen LogP contribution >= 0.6 is 0 Å². The van der Waals surface area contributed by atoms with Gasteiger partial charge in [-0.15, -0.1) is 0 Å². The number of rotatable bonds is 6. The maximum atomic E-state index is 10.4. The summed E-state index contributed by atoms with van der Waals surface area (Å²) in [6, 6.07) is 0.948. The molecular weight excluding hydrogens is 218 g/mol. The van der Waals surface area contributed by atoms with Crippen molar-refractivity contribution in [2.45, 2.75) is 52.6 Å². The van der Waals surface area contributed by atoms with Gasteiger partial charge in [0.05, 0.1) is 19.6 Å². The quantitative estimate of drug-likeness (QED) is 0.725. The minimum atomic E-state index is -0.794. The number of nitrogens with zero attached hydrogens (tertiary/aromatic N) is 1. The topological polar surface area (TPSA) is 49.8 Å². The zero-order chi connectivity index (χ0) is 13.1.